The second-order valence-corrected chi connectivity index (χ2v) is 7.90. The maximum atomic E-state index is 12.5. The molecule has 2 rings (SSSR count). The topological polar surface area (TPSA) is 58.4 Å². The molecule has 0 unspecified atom stereocenters. The molecular formula is C18H35N3O. The van der Waals surface area contributed by atoms with E-state index in [0.29, 0.717) is 13.0 Å². The fraction of sp³-hybridized carbons (Fsp3) is 0.944. The quantitative estimate of drug-likeness (QED) is 0.793. The molecule has 1 amide bonds. The van der Waals surface area contributed by atoms with Crippen molar-refractivity contribution in [3.05, 3.63) is 0 Å². The lowest BCUT2D eigenvalue weighted by atomic mass is 9.71. The van der Waals surface area contributed by atoms with E-state index in [0.717, 1.165) is 19.4 Å². The molecule has 0 spiro atoms. The average Bonchev–Trinajstić information content (AvgIpc) is 2.54. The van der Waals surface area contributed by atoms with Gasteiger partial charge in [0.05, 0.1) is 0 Å². The van der Waals surface area contributed by atoms with Crippen molar-refractivity contribution in [2.75, 3.05) is 27.2 Å². The van der Waals surface area contributed by atoms with Crippen molar-refractivity contribution in [3.63, 3.8) is 0 Å². The van der Waals surface area contributed by atoms with E-state index in [4.69, 9.17) is 5.73 Å². The Morgan fingerprint density at radius 1 is 1.00 bits per heavy atom. The van der Waals surface area contributed by atoms with Crippen LogP contribution in [0.25, 0.3) is 0 Å². The molecular weight excluding hydrogens is 274 g/mol. The number of carbonyl (C=O) groups is 1. The number of nitrogens with two attached hydrogens (primary N) is 1. The van der Waals surface area contributed by atoms with Gasteiger partial charge in [0.15, 0.2) is 0 Å². The molecule has 0 aromatic heterocycles. The van der Waals surface area contributed by atoms with Gasteiger partial charge in [-0.25, -0.2) is 0 Å². The number of hydrogen-bond donors (Lipinski definition) is 2. The Morgan fingerprint density at radius 2 is 1.55 bits per heavy atom. The smallest absolute Gasteiger partial charge is 0.220 e. The summed E-state index contributed by atoms with van der Waals surface area (Å²) in [5.41, 5.74) is 6.24. The predicted octanol–water partition coefficient (Wildman–Crippen LogP) is 2.67. The highest BCUT2D eigenvalue weighted by atomic mass is 16.1. The Morgan fingerprint density at radius 3 is 2.05 bits per heavy atom. The van der Waals surface area contributed by atoms with E-state index in [2.05, 4.69) is 24.3 Å². The van der Waals surface area contributed by atoms with Crippen molar-refractivity contribution < 1.29 is 4.79 Å². The summed E-state index contributed by atoms with van der Waals surface area (Å²) >= 11 is 0. The molecule has 0 aromatic carbocycles. The first-order valence-corrected chi connectivity index (χ1v) is 9.16. The van der Waals surface area contributed by atoms with Crippen LogP contribution < -0.4 is 11.1 Å². The van der Waals surface area contributed by atoms with Gasteiger partial charge >= 0.3 is 0 Å². The minimum atomic E-state index is 0.0696. The van der Waals surface area contributed by atoms with Crippen LogP contribution in [0.2, 0.25) is 0 Å². The standard InChI is InChI=1S/C18H35N3O/c1-21(2)18(11-7-4-8-12-18)15-20-16(22)13-17(14-19)9-5-3-6-10-17/h3-15,19H2,1-2H3,(H,20,22). The van der Waals surface area contributed by atoms with Crippen molar-refractivity contribution in [2.24, 2.45) is 11.1 Å². The summed E-state index contributed by atoms with van der Waals surface area (Å²) in [6.07, 6.45) is 12.9. The summed E-state index contributed by atoms with van der Waals surface area (Å²) in [5, 5.41) is 3.24. The summed E-state index contributed by atoms with van der Waals surface area (Å²) in [4.78, 5) is 14.8. The molecule has 0 atom stereocenters. The second kappa shape index (κ2) is 7.78. The minimum Gasteiger partial charge on any atom is -0.354 e. The molecule has 0 radical (unpaired) electrons. The Balaban J connectivity index is 1.88. The van der Waals surface area contributed by atoms with Crippen LogP contribution in [0.5, 0.6) is 0 Å². The first-order chi connectivity index (χ1) is 10.5. The summed E-state index contributed by atoms with van der Waals surface area (Å²) in [6.45, 7) is 1.44. The zero-order valence-electron chi connectivity index (χ0n) is 14.6. The van der Waals surface area contributed by atoms with Crippen LogP contribution in [0.1, 0.15) is 70.6 Å². The molecule has 2 fully saturated rings. The number of rotatable bonds is 6. The van der Waals surface area contributed by atoms with Crippen molar-refractivity contribution in [1.82, 2.24) is 10.2 Å². The molecule has 0 saturated heterocycles. The van der Waals surface area contributed by atoms with Gasteiger partial charge in [0, 0.05) is 18.5 Å². The third-order valence-corrected chi connectivity index (χ3v) is 6.23. The number of likely N-dealkylation sites (N-methyl/N-ethyl adjacent to an activating group) is 1. The van der Waals surface area contributed by atoms with Gasteiger partial charge in [0.1, 0.15) is 0 Å². The van der Waals surface area contributed by atoms with Crippen LogP contribution in [-0.4, -0.2) is 43.5 Å². The van der Waals surface area contributed by atoms with Gasteiger partial charge in [-0.1, -0.05) is 38.5 Å². The summed E-state index contributed by atoms with van der Waals surface area (Å²) in [5.74, 6) is 0.208. The lowest BCUT2D eigenvalue weighted by Gasteiger charge is -2.43. The summed E-state index contributed by atoms with van der Waals surface area (Å²) in [7, 11) is 4.31. The van der Waals surface area contributed by atoms with E-state index in [-0.39, 0.29) is 16.9 Å². The fourth-order valence-corrected chi connectivity index (χ4v) is 4.41. The highest BCUT2D eigenvalue weighted by Crippen LogP contribution is 2.38. The van der Waals surface area contributed by atoms with E-state index < -0.39 is 0 Å². The Bertz CT molecular complexity index is 355. The lowest BCUT2D eigenvalue weighted by Crippen LogP contribution is -2.54. The first kappa shape index (κ1) is 17.7. The zero-order chi connectivity index (χ0) is 16.1. The molecule has 0 aromatic rings. The first-order valence-electron chi connectivity index (χ1n) is 9.16. The third kappa shape index (κ3) is 4.23. The van der Waals surface area contributed by atoms with Crippen molar-refractivity contribution in [3.8, 4) is 0 Å². The molecule has 2 saturated carbocycles. The van der Waals surface area contributed by atoms with E-state index in [1.54, 1.807) is 0 Å². The molecule has 22 heavy (non-hydrogen) atoms. The van der Waals surface area contributed by atoms with E-state index in [1.807, 2.05) is 0 Å². The molecule has 4 heteroatoms. The van der Waals surface area contributed by atoms with E-state index in [9.17, 15) is 4.79 Å². The molecule has 2 aliphatic carbocycles. The lowest BCUT2D eigenvalue weighted by molar-refractivity contribution is -0.124. The number of amides is 1. The maximum Gasteiger partial charge on any atom is 0.220 e. The summed E-state index contributed by atoms with van der Waals surface area (Å²) in [6, 6.07) is 0. The van der Waals surface area contributed by atoms with Crippen molar-refractivity contribution >= 4 is 5.91 Å². The molecule has 0 heterocycles. The van der Waals surface area contributed by atoms with Gasteiger partial charge in [0.25, 0.3) is 0 Å². The Kier molecular flexibility index (Phi) is 6.27. The monoisotopic (exact) mass is 309 g/mol. The summed E-state index contributed by atoms with van der Waals surface area (Å²) < 4.78 is 0. The molecule has 0 aliphatic heterocycles. The van der Waals surface area contributed by atoms with Crippen LogP contribution in [0.4, 0.5) is 0 Å². The molecule has 2 aliphatic rings. The second-order valence-electron chi connectivity index (χ2n) is 7.90. The number of nitrogens with zero attached hydrogens (tertiary/aromatic N) is 1. The van der Waals surface area contributed by atoms with Crippen LogP contribution in [0.3, 0.4) is 0 Å². The molecule has 4 nitrogen and oxygen atoms in total. The predicted molar refractivity (Wildman–Crippen MR) is 91.7 cm³/mol. The van der Waals surface area contributed by atoms with Crippen LogP contribution in [-0.2, 0) is 4.79 Å². The Labute approximate surface area is 136 Å². The van der Waals surface area contributed by atoms with Gasteiger partial charge in [-0.2, -0.15) is 0 Å². The van der Waals surface area contributed by atoms with Gasteiger partial charge in [-0.3, -0.25) is 4.79 Å². The number of carbonyl (C=O) groups excluding carboxylic acids is 1. The van der Waals surface area contributed by atoms with Gasteiger partial charge in [-0.15, -0.1) is 0 Å². The van der Waals surface area contributed by atoms with Crippen LogP contribution in [0, 0.1) is 5.41 Å². The van der Waals surface area contributed by atoms with Crippen LogP contribution >= 0.6 is 0 Å². The van der Waals surface area contributed by atoms with E-state index in [1.165, 1.54) is 51.4 Å². The van der Waals surface area contributed by atoms with Gasteiger partial charge < -0.3 is 16.0 Å². The SMILES string of the molecule is CN(C)C1(CNC(=O)CC2(CN)CCCCC2)CCCCC1. The zero-order valence-corrected chi connectivity index (χ0v) is 14.6. The highest BCUT2D eigenvalue weighted by molar-refractivity contribution is 5.76. The van der Waals surface area contributed by atoms with Crippen molar-refractivity contribution in [2.45, 2.75) is 76.2 Å². The third-order valence-electron chi connectivity index (χ3n) is 6.23. The van der Waals surface area contributed by atoms with Crippen molar-refractivity contribution in [1.29, 1.82) is 0 Å². The minimum absolute atomic E-state index is 0.0696. The fourth-order valence-electron chi connectivity index (χ4n) is 4.41. The maximum absolute atomic E-state index is 12.5. The van der Waals surface area contributed by atoms with Gasteiger partial charge in [0.2, 0.25) is 5.91 Å². The number of hydrogen-bond acceptors (Lipinski definition) is 3. The highest BCUT2D eigenvalue weighted by Gasteiger charge is 2.36. The molecule has 128 valence electrons. The normalized spacial score (nSPS) is 24.2. The number of nitrogens with one attached hydrogen (secondary N) is 1. The average molecular weight is 309 g/mol. The molecule has 0 bridgehead atoms. The Hall–Kier alpha value is -0.610. The van der Waals surface area contributed by atoms with E-state index >= 15 is 0 Å². The molecule has 3 N–H and O–H groups in total. The largest absolute Gasteiger partial charge is 0.354 e. The van der Waals surface area contributed by atoms with Crippen LogP contribution in [0.15, 0.2) is 0 Å². The van der Waals surface area contributed by atoms with Gasteiger partial charge in [-0.05, 0) is 51.7 Å².